The quantitative estimate of drug-likeness (QED) is 0.449. The van der Waals surface area contributed by atoms with Crippen molar-refractivity contribution >= 4 is 28.1 Å². The van der Waals surface area contributed by atoms with Crippen molar-refractivity contribution in [2.45, 2.75) is 10.9 Å². The van der Waals surface area contributed by atoms with Gasteiger partial charge in [-0.3, -0.25) is 4.40 Å². The van der Waals surface area contributed by atoms with E-state index in [9.17, 15) is 0 Å². The SMILES string of the molecule is COc1cc(CSc2nnc3scc(-c4ccccc4)n23)cc(OC)c1. The van der Waals surface area contributed by atoms with E-state index in [2.05, 4.69) is 32.1 Å². The Morgan fingerprint density at radius 1 is 1.00 bits per heavy atom. The Balaban J connectivity index is 1.63. The summed E-state index contributed by atoms with van der Waals surface area (Å²) in [4.78, 5) is 0.898. The minimum Gasteiger partial charge on any atom is -0.497 e. The van der Waals surface area contributed by atoms with Crippen LogP contribution in [-0.2, 0) is 5.75 Å². The van der Waals surface area contributed by atoms with E-state index in [1.165, 1.54) is 0 Å². The molecular weight excluding hydrogens is 366 g/mol. The highest BCUT2D eigenvalue weighted by Gasteiger charge is 2.14. The Labute approximate surface area is 159 Å². The topological polar surface area (TPSA) is 48.7 Å². The van der Waals surface area contributed by atoms with Crippen LogP contribution in [-0.4, -0.2) is 28.8 Å². The van der Waals surface area contributed by atoms with Crippen LogP contribution in [0.15, 0.2) is 59.1 Å². The van der Waals surface area contributed by atoms with Crippen molar-refractivity contribution in [2.75, 3.05) is 14.2 Å². The van der Waals surface area contributed by atoms with Crippen molar-refractivity contribution < 1.29 is 9.47 Å². The van der Waals surface area contributed by atoms with Crippen LogP contribution in [0.5, 0.6) is 11.5 Å². The molecule has 26 heavy (non-hydrogen) atoms. The molecule has 0 N–H and O–H groups in total. The molecular formula is C19H17N3O2S2. The van der Waals surface area contributed by atoms with Gasteiger partial charge in [0.25, 0.3) is 0 Å². The lowest BCUT2D eigenvalue weighted by molar-refractivity contribution is 0.393. The number of ether oxygens (including phenoxy) is 2. The van der Waals surface area contributed by atoms with E-state index in [1.54, 1.807) is 37.3 Å². The number of thioether (sulfide) groups is 1. The lowest BCUT2D eigenvalue weighted by Gasteiger charge is -2.08. The summed E-state index contributed by atoms with van der Waals surface area (Å²) in [5.41, 5.74) is 3.38. The van der Waals surface area contributed by atoms with E-state index in [-0.39, 0.29) is 0 Å². The third-order valence-electron chi connectivity index (χ3n) is 3.97. The number of hydrogen-bond donors (Lipinski definition) is 0. The zero-order chi connectivity index (χ0) is 17.9. The van der Waals surface area contributed by atoms with Gasteiger partial charge in [-0.1, -0.05) is 42.1 Å². The largest absolute Gasteiger partial charge is 0.497 e. The highest BCUT2D eigenvalue weighted by Crippen LogP contribution is 2.32. The predicted molar refractivity (Wildman–Crippen MR) is 105 cm³/mol. The number of hydrogen-bond acceptors (Lipinski definition) is 6. The molecule has 0 aliphatic rings. The van der Waals surface area contributed by atoms with E-state index >= 15 is 0 Å². The van der Waals surface area contributed by atoms with Gasteiger partial charge in [-0.2, -0.15) is 0 Å². The first-order valence-electron chi connectivity index (χ1n) is 8.01. The van der Waals surface area contributed by atoms with E-state index in [0.717, 1.165) is 44.2 Å². The molecule has 0 amide bonds. The Bertz CT molecular complexity index is 1010. The normalized spacial score (nSPS) is 11.0. The first-order chi connectivity index (χ1) is 12.8. The third-order valence-corrected chi connectivity index (χ3v) is 5.79. The van der Waals surface area contributed by atoms with Crippen LogP contribution in [0.4, 0.5) is 0 Å². The van der Waals surface area contributed by atoms with Crippen molar-refractivity contribution in [3.63, 3.8) is 0 Å². The van der Waals surface area contributed by atoms with Gasteiger partial charge in [-0.25, -0.2) is 0 Å². The summed E-state index contributed by atoms with van der Waals surface area (Å²) < 4.78 is 12.8. The molecule has 2 aromatic carbocycles. The van der Waals surface area contributed by atoms with Crippen molar-refractivity contribution in [1.29, 1.82) is 0 Å². The van der Waals surface area contributed by atoms with Crippen LogP contribution in [0.1, 0.15) is 5.56 Å². The molecule has 2 heterocycles. The number of rotatable bonds is 6. The zero-order valence-corrected chi connectivity index (χ0v) is 16.0. The van der Waals surface area contributed by atoms with Crippen molar-refractivity contribution in [2.24, 2.45) is 0 Å². The summed E-state index contributed by atoms with van der Waals surface area (Å²) in [6.07, 6.45) is 0. The molecule has 132 valence electrons. The molecule has 0 aliphatic heterocycles. The summed E-state index contributed by atoms with van der Waals surface area (Å²) >= 11 is 3.25. The molecule has 0 spiro atoms. The van der Waals surface area contributed by atoms with Gasteiger partial charge in [-0.15, -0.1) is 21.5 Å². The Morgan fingerprint density at radius 2 is 1.73 bits per heavy atom. The number of benzene rings is 2. The van der Waals surface area contributed by atoms with Crippen LogP contribution in [0.25, 0.3) is 16.2 Å². The fourth-order valence-corrected chi connectivity index (χ4v) is 4.47. The number of nitrogens with zero attached hydrogens (tertiary/aromatic N) is 3. The summed E-state index contributed by atoms with van der Waals surface area (Å²) in [5.74, 6) is 2.32. The molecule has 0 saturated carbocycles. The van der Waals surface area contributed by atoms with Gasteiger partial charge in [0, 0.05) is 17.2 Å². The first-order valence-corrected chi connectivity index (χ1v) is 9.88. The molecule has 5 nitrogen and oxygen atoms in total. The molecule has 7 heteroatoms. The van der Waals surface area contributed by atoms with Gasteiger partial charge < -0.3 is 9.47 Å². The van der Waals surface area contributed by atoms with Gasteiger partial charge in [0.05, 0.1) is 19.9 Å². The lowest BCUT2D eigenvalue weighted by Crippen LogP contribution is -1.92. The third kappa shape index (κ3) is 3.27. The van der Waals surface area contributed by atoms with Gasteiger partial charge >= 0.3 is 0 Å². The average molecular weight is 383 g/mol. The molecule has 0 saturated heterocycles. The molecule has 2 aromatic heterocycles. The Hall–Kier alpha value is -2.51. The van der Waals surface area contributed by atoms with E-state index in [0.29, 0.717) is 0 Å². The first kappa shape index (κ1) is 16.9. The second kappa shape index (κ2) is 7.39. The second-order valence-corrected chi connectivity index (χ2v) is 7.38. The molecule has 0 aliphatic carbocycles. The molecule has 0 radical (unpaired) electrons. The molecule has 0 bridgehead atoms. The lowest BCUT2D eigenvalue weighted by atomic mass is 10.2. The van der Waals surface area contributed by atoms with Crippen LogP contribution in [0.3, 0.4) is 0 Å². The van der Waals surface area contributed by atoms with E-state index in [4.69, 9.17) is 9.47 Å². The molecule has 4 rings (SSSR count). The van der Waals surface area contributed by atoms with E-state index < -0.39 is 0 Å². The van der Waals surface area contributed by atoms with Gasteiger partial charge in [-0.05, 0) is 23.3 Å². The highest BCUT2D eigenvalue weighted by atomic mass is 32.2. The summed E-state index contributed by atoms with van der Waals surface area (Å²) in [6, 6.07) is 16.2. The highest BCUT2D eigenvalue weighted by molar-refractivity contribution is 7.98. The van der Waals surface area contributed by atoms with Crippen molar-refractivity contribution in [1.82, 2.24) is 14.6 Å². The van der Waals surface area contributed by atoms with Gasteiger partial charge in [0.2, 0.25) is 4.96 Å². The molecule has 0 fully saturated rings. The monoisotopic (exact) mass is 383 g/mol. The predicted octanol–water partition coefficient (Wildman–Crippen LogP) is 4.77. The number of methoxy groups -OCH3 is 2. The smallest absolute Gasteiger partial charge is 0.217 e. The Kier molecular flexibility index (Phi) is 4.81. The maximum Gasteiger partial charge on any atom is 0.217 e. The number of aromatic nitrogens is 3. The summed E-state index contributed by atoms with van der Waals surface area (Å²) in [6.45, 7) is 0. The number of fused-ring (bicyclic) bond motifs is 1. The zero-order valence-electron chi connectivity index (χ0n) is 14.4. The second-order valence-electron chi connectivity index (χ2n) is 5.60. The van der Waals surface area contributed by atoms with Crippen LogP contribution in [0, 0.1) is 0 Å². The standard InChI is InChI=1S/C19H17N3O2S2/c1-23-15-8-13(9-16(10-15)24-2)11-25-18-20-21-19-22(18)17(12-26-19)14-6-4-3-5-7-14/h3-10,12H,11H2,1-2H3. The van der Waals surface area contributed by atoms with Crippen LogP contribution < -0.4 is 9.47 Å². The fraction of sp³-hybridized carbons (Fsp3) is 0.158. The fourth-order valence-electron chi connectivity index (χ4n) is 2.70. The van der Waals surface area contributed by atoms with Crippen molar-refractivity contribution in [3.8, 4) is 22.8 Å². The maximum atomic E-state index is 5.35. The minimum atomic E-state index is 0.748. The summed E-state index contributed by atoms with van der Waals surface area (Å²) in [7, 11) is 3.32. The van der Waals surface area contributed by atoms with Crippen molar-refractivity contribution in [3.05, 3.63) is 59.5 Å². The molecule has 0 atom stereocenters. The molecule has 4 aromatic rings. The number of thiazole rings is 1. The Morgan fingerprint density at radius 3 is 2.42 bits per heavy atom. The van der Waals surface area contributed by atoms with Crippen LogP contribution >= 0.6 is 23.1 Å². The maximum absolute atomic E-state index is 5.35. The van der Waals surface area contributed by atoms with Gasteiger partial charge in [0.1, 0.15) is 11.5 Å². The average Bonchev–Trinajstić information content (AvgIpc) is 3.29. The molecule has 0 unspecified atom stereocenters. The summed E-state index contributed by atoms with van der Waals surface area (Å²) in [5, 5.41) is 11.7. The van der Waals surface area contributed by atoms with Gasteiger partial charge in [0.15, 0.2) is 5.16 Å². The van der Waals surface area contributed by atoms with Crippen LogP contribution in [0.2, 0.25) is 0 Å². The minimum absolute atomic E-state index is 0.748. The van der Waals surface area contributed by atoms with E-state index in [1.807, 2.05) is 36.4 Å².